The van der Waals surface area contributed by atoms with Crippen LogP contribution < -0.4 is 5.32 Å². The van der Waals surface area contributed by atoms with Crippen molar-refractivity contribution in [2.75, 3.05) is 32.8 Å². The van der Waals surface area contributed by atoms with Crippen molar-refractivity contribution in [3.8, 4) is 0 Å². The van der Waals surface area contributed by atoms with Gasteiger partial charge in [-0.1, -0.05) is 6.07 Å². The summed E-state index contributed by atoms with van der Waals surface area (Å²) in [6, 6.07) is 2.98. The van der Waals surface area contributed by atoms with Crippen LogP contribution in [0.25, 0.3) is 0 Å². The maximum Gasteiger partial charge on any atom is 0.326 e. The molecule has 2 aliphatic heterocycles. The zero-order valence-corrected chi connectivity index (χ0v) is 16.2. The van der Waals surface area contributed by atoms with Gasteiger partial charge in [-0.2, -0.15) is 4.31 Å². The molecule has 3 amide bonds. The lowest BCUT2D eigenvalue weighted by Gasteiger charge is -2.35. The molecular weight excluding hydrogens is 376 g/mol. The van der Waals surface area contributed by atoms with Crippen LogP contribution in [0.1, 0.15) is 19.8 Å². The summed E-state index contributed by atoms with van der Waals surface area (Å²) in [6.45, 7) is 3.69. The number of sulfonamides is 1. The monoisotopic (exact) mass is 398 g/mol. The van der Waals surface area contributed by atoms with Crippen LogP contribution >= 0.6 is 11.3 Å². The molecule has 142 valence electrons. The van der Waals surface area contributed by atoms with Gasteiger partial charge in [0.15, 0.2) is 0 Å². The molecule has 10 heteroatoms. The summed E-state index contributed by atoms with van der Waals surface area (Å²) in [5.74, 6) is 0.0652. The SMILES string of the molecule is CC1(C2CC2)NC(=O)N(CN2CCN(S(=O)(=O)c3cccs3)CC2)C1=O. The summed E-state index contributed by atoms with van der Waals surface area (Å²) in [5, 5.41) is 4.59. The van der Waals surface area contributed by atoms with Crippen LogP contribution in [0.2, 0.25) is 0 Å². The highest BCUT2D eigenvalue weighted by Crippen LogP contribution is 2.42. The molecule has 1 aromatic rings. The Hall–Kier alpha value is -1.49. The van der Waals surface area contributed by atoms with Crippen LogP contribution in [0, 0.1) is 5.92 Å². The van der Waals surface area contributed by atoms with Crippen LogP contribution in [0.3, 0.4) is 0 Å². The van der Waals surface area contributed by atoms with Crippen molar-refractivity contribution in [3.05, 3.63) is 17.5 Å². The van der Waals surface area contributed by atoms with Crippen LogP contribution in [0.15, 0.2) is 21.7 Å². The first-order valence-corrected chi connectivity index (χ1v) is 11.0. The van der Waals surface area contributed by atoms with Crippen LogP contribution in [-0.2, 0) is 14.8 Å². The summed E-state index contributed by atoms with van der Waals surface area (Å²) in [5.41, 5.74) is -0.776. The van der Waals surface area contributed by atoms with E-state index in [0.717, 1.165) is 12.8 Å². The third-order valence-corrected chi connectivity index (χ3v) is 8.73. The van der Waals surface area contributed by atoms with Gasteiger partial charge in [0, 0.05) is 26.2 Å². The Morgan fingerprint density at radius 1 is 1.23 bits per heavy atom. The number of amides is 3. The predicted octanol–water partition coefficient (Wildman–Crippen LogP) is 0.732. The van der Waals surface area contributed by atoms with Gasteiger partial charge in [-0.05, 0) is 37.1 Å². The molecule has 4 rings (SSSR count). The molecule has 26 heavy (non-hydrogen) atoms. The molecule has 3 aliphatic rings. The molecule has 1 atom stereocenters. The summed E-state index contributed by atoms with van der Waals surface area (Å²) in [7, 11) is -3.45. The third-order valence-electron chi connectivity index (χ3n) is 5.46. The highest BCUT2D eigenvalue weighted by atomic mass is 32.2. The van der Waals surface area contributed by atoms with E-state index >= 15 is 0 Å². The van der Waals surface area contributed by atoms with Crippen molar-refractivity contribution in [2.24, 2.45) is 5.92 Å². The van der Waals surface area contributed by atoms with Gasteiger partial charge >= 0.3 is 6.03 Å². The quantitative estimate of drug-likeness (QED) is 0.739. The topological polar surface area (TPSA) is 90.0 Å². The van der Waals surface area contributed by atoms with Crippen molar-refractivity contribution in [2.45, 2.75) is 29.5 Å². The second-order valence-corrected chi connectivity index (χ2v) is 10.3. The Labute approximate surface area is 156 Å². The molecule has 3 fully saturated rings. The third kappa shape index (κ3) is 2.94. The molecule has 0 spiro atoms. The molecule has 3 heterocycles. The van der Waals surface area contributed by atoms with E-state index in [2.05, 4.69) is 5.32 Å². The molecule has 2 saturated heterocycles. The minimum atomic E-state index is -3.45. The van der Waals surface area contributed by atoms with E-state index in [0.29, 0.717) is 30.4 Å². The number of rotatable bonds is 5. The van der Waals surface area contributed by atoms with Crippen molar-refractivity contribution < 1.29 is 18.0 Å². The fraction of sp³-hybridized carbons (Fsp3) is 0.625. The van der Waals surface area contributed by atoms with Crippen LogP contribution in [0.4, 0.5) is 4.79 Å². The van der Waals surface area contributed by atoms with Gasteiger partial charge < -0.3 is 5.32 Å². The van der Waals surface area contributed by atoms with Gasteiger partial charge in [0.2, 0.25) is 0 Å². The molecule has 1 aliphatic carbocycles. The Morgan fingerprint density at radius 2 is 1.92 bits per heavy atom. The first-order valence-electron chi connectivity index (χ1n) is 8.72. The number of nitrogens with one attached hydrogen (secondary N) is 1. The molecule has 1 saturated carbocycles. The zero-order valence-electron chi connectivity index (χ0n) is 14.6. The number of carbonyl (C=O) groups is 2. The summed E-state index contributed by atoms with van der Waals surface area (Å²) in [6.07, 6.45) is 1.94. The summed E-state index contributed by atoms with van der Waals surface area (Å²) >= 11 is 1.21. The van der Waals surface area contributed by atoms with Gasteiger partial charge in [0.25, 0.3) is 15.9 Å². The Balaban J connectivity index is 1.37. The highest BCUT2D eigenvalue weighted by molar-refractivity contribution is 7.91. The van der Waals surface area contributed by atoms with Crippen molar-refractivity contribution in [1.82, 2.24) is 19.4 Å². The van der Waals surface area contributed by atoms with Gasteiger partial charge in [-0.15, -0.1) is 11.3 Å². The lowest BCUT2D eigenvalue weighted by molar-refractivity contribution is -0.133. The van der Waals surface area contributed by atoms with Crippen molar-refractivity contribution in [1.29, 1.82) is 0 Å². The highest BCUT2D eigenvalue weighted by Gasteiger charge is 2.56. The standard InChI is InChI=1S/C16H22N4O4S2/c1-16(12-4-5-12)14(21)20(15(22)17-16)11-18-6-8-19(9-7-18)26(23,24)13-3-2-10-25-13/h2-3,10,12H,4-9,11H2,1H3,(H,17,22). The lowest BCUT2D eigenvalue weighted by Crippen LogP contribution is -2.53. The first kappa shape index (κ1) is 17.9. The smallest absolute Gasteiger partial charge is 0.323 e. The number of imide groups is 1. The molecule has 0 radical (unpaired) electrons. The van der Waals surface area contributed by atoms with Crippen LogP contribution in [0.5, 0.6) is 0 Å². The number of carbonyl (C=O) groups excluding carboxylic acids is 2. The van der Waals surface area contributed by atoms with E-state index in [4.69, 9.17) is 0 Å². The molecular formula is C16H22N4O4S2. The number of nitrogens with zero attached hydrogens (tertiary/aromatic N) is 3. The number of hydrogen-bond donors (Lipinski definition) is 1. The predicted molar refractivity (Wildman–Crippen MR) is 96.0 cm³/mol. The summed E-state index contributed by atoms with van der Waals surface area (Å²) < 4.78 is 26.9. The summed E-state index contributed by atoms with van der Waals surface area (Å²) in [4.78, 5) is 28.2. The molecule has 1 N–H and O–H groups in total. The van der Waals surface area contributed by atoms with Gasteiger partial charge in [0.05, 0.1) is 6.67 Å². The Bertz CT molecular complexity index is 813. The Kier molecular flexibility index (Phi) is 4.33. The number of hydrogen-bond acceptors (Lipinski definition) is 6. The maximum absolute atomic E-state index is 12.7. The normalized spacial score (nSPS) is 28.6. The fourth-order valence-corrected chi connectivity index (χ4v) is 6.20. The van der Waals surface area contributed by atoms with E-state index < -0.39 is 15.6 Å². The largest absolute Gasteiger partial charge is 0.326 e. The van der Waals surface area contributed by atoms with E-state index in [1.165, 1.54) is 20.5 Å². The minimum absolute atomic E-state index is 0.168. The number of thiophene rings is 1. The van der Waals surface area contributed by atoms with Crippen molar-refractivity contribution >= 4 is 33.3 Å². The average molecular weight is 399 g/mol. The molecule has 1 aromatic heterocycles. The molecule has 8 nitrogen and oxygen atoms in total. The Morgan fingerprint density at radius 3 is 2.50 bits per heavy atom. The molecule has 0 bridgehead atoms. The zero-order chi connectivity index (χ0) is 18.5. The van der Waals surface area contributed by atoms with Gasteiger partial charge in [0.1, 0.15) is 9.75 Å². The van der Waals surface area contributed by atoms with Gasteiger partial charge in [-0.25, -0.2) is 18.1 Å². The second kappa shape index (κ2) is 6.29. The van der Waals surface area contributed by atoms with E-state index in [9.17, 15) is 18.0 Å². The van der Waals surface area contributed by atoms with E-state index in [-0.39, 0.29) is 24.5 Å². The second-order valence-electron chi connectivity index (χ2n) is 7.24. The van der Waals surface area contributed by atoms with Crippen LogP contribution in [-0.4, -0.2) is 72.8 Å². The van der Waals surface area contributed by atoms with Gasteiger partial charge in [-0.3, -0.25) is 9.69 Å². The molecule has 0 aromatic carbocycles. The lowest BCUT2D eigenvalue weighted by atomic mass is 9.96. The number of urea groups is 1. The minimum Gasteiger partial charge on any atom is -0.323 e. The van der Waals surface area contributed by atoms with E-state index in [1.807, 2.05) is 4.90 Å². The molecule has 1 unspecified atom stereocenters. The van der Waals surface area contributed by atoms with Crippen molar-refractivity contribution in [3.63, 3.8) is 0 Å². The maximum atomic E-state index is 12.7. The van der Waals surface area contributed by atoms with E-state index in [1.54, 1.807) is 24.4 Å². The first-order chi connectivity index (χ1) is 12.3. The average Bonchev–Trinajstić information content (AvgIpc) is 3.28. The fourth-order valence-electron chi connectivity index (χ4n) is 3.63. The number of piperazine rings is 1.